The fourth-order valence-electron chi connectivity index (χ4n) is 0.948. The summed E-state index contributed by atoms with van der Waals surface area (Å²) in [6.07, 6.45) is 0. The number of nitrogen functional groups attached to an aromatic ring is 1. The Labute approximate surface area is 70.0 Å². The predicted molar refractivity (Wildman–Crippen MR) is 44.2 cm³/mol. The van der Waals surface area contributed by atoms with Crippen molar-refractivity contribution in [1.82, 2.24) is 4.57 Å². The van der Waals surface area contributed by atoms with E-state index < -0.39 is 0 Å². The lowest BCUT2D eigenvalue weighted by Gasteiger charge is -1.99. The highest BCUT2D eigenvalue weighted by Gasteiger charge is 2.08. The van der Waals surface area contributed by atoms with Crippen LogP contribution in [-0.4, -0.2) is 4.57 Å². The zero-order chi connectivity index (χ0) is 8.43. The zero-order valence-electron chi connectivity index (χ0n) is 6.13. The molecule has 1 aromatic rings. The van der Waals surface area contributed by atoms with Crippen LogP contribution in [0.4, 0.5) is 5.69 Å². The van der Waals surface area contributed by atoms with Crippen LogP contribution in [0.5, 0.6) is 0 Å². The van der Waals surface area contributed by atoms with Crippen molar-refractivity contribution >= 4 is 17.3 Å². The van der Waals surface area contributed by atoms with Crippen LogP contribution in [0.15, 0.2) is 6.07 Å². The van der Waals surface area contributed by atoms with Gasteiger partial charge in [0.1, 0.15) is 16.9 Å². The van der Waals surface area contributed by atoms with E-state index in [0.717, 1.165) is 0 Å². The first kappa shape index (κ1) is 7.96. The number of nitrogens with zero attached hydrogens (tertiary/aromatic N) is 2. The molecule has 0 aliphatic rings. The standard InChI is InChI=1S/C7H8ClN3/c1-2-11-5(4-9)3-6(10)7(11)8/h3H,2,10H2,1H3. The van der Waals surface area contributed by atoms with Crippen LogP contribution in [-0.2, 0) is 6.54 Å². The topological polar surface area (TPSA) is 54.7 Å². The van der Waals surface area contributed by atoms with Crippen molar-refractivity contribution < 1.29 is 0 Å². The van der Waals surface area contributed by atoms with E-state index in [0.29, 0.717) is 23.1 Å². The predicted octanol–water partition coefficient (Wildman–Crippen LogP) is 1.62. The molecule has 0 bridgehead atoms. The molecule has 0 aliphatic heterocycles. The van der Waals surface area contributed by atoms with E-state index in [1.165, 1.54) is 0 Å². The maximum Gasteiger partial charge on any atom is 0.133 e. The smallest absolute Gasteiger partial charge is 0.133 e. The van der Waals surface area contributed by atoms with Crippen LogP contribution in [0.1, 0.15) is 12.6 Å². The van der Waals surface area contributed by atoms with Gasteiger partial charge in [-0.3, -0.25) is 0 Å². The summed E-state index contributed by atoms with van der Waals surface area (Å²) in [7, 11) is 0. The minimum atomic E-state index is 0.448. The van der Waals surface area contributed by atoms with Gasteiger partial charge in [0.25, 0.3) is 0 Å². The van der Waals surface area contributed by atoms with Crippen molar-refractivity contribution in [2.24, 2.45) is 0 Å². The molecular weight excluding hydrogens is 162 g/mol. The Morgan fingerprint density at radius 2 is 2.45 bits per heavy atom. The van der Waals surface area contributed by atoms with Crippen molar-refractivity contribution in [3.8, 4) is 6.07 Å². The van der Waals surface area contributed by atoms with Gasteiger partial charge >= 0.3 is 0 Å². The van der Waals surface area contributed by atoms with Gasteiger partial charge in [-0.25, -0.2) is 0 Å². The molecule has 0 radical (unpaired) electrons. The summed E-state index contributed by atoms with van der Waals surface area (Å²) in [4.78, 5) is 0. The van der Waals surface area contributed by atoms with E-state index in [9.17, 15) is 0 Å². The van der Waals surface area contributed by atoms with E-state index in [1.807, 2.05) is 13.0 Å². The third-order valence-corrected chi connectivity index (χ3v) is 1.91. The first-order valence-electron chi connectivity index (χ1n) is 3.25. The summed E-state index contributed by atoms with van der Waals surface area (Å²) in [6, 6.07) is 3.58. The minimum Gasteiger partial charge on any atom is -0.396 e. The van der Waals surface area contributed by atoms with Crippen LogP contribution < -0.4 is 5.73 Å². The fraction of sp³-hybridized carbons (Fsp3) is 0.286. The van der Waals surface area contributed by atoms with Gasteiger partial charge < -0.3 is 10.3 Å². The maximum atomic E-state index is 8.60. The molecule has 1 aromatic heterocycles. The van der Waals surface area contributed by atoms with Gasteiger partial charge in [0.2, 0.25) is 0 Å². The summed E-state index contributed by atoms with van der Waals surface area (Å²) in [5.74, 6) is 0. The van der Waals surface area contributed by atoms with Gasteiger partial charge in [-0.05, 0) is 13.0 Å². The normalized spacial score (nSPS) is 9.55. The summed E-state index contributed by atoms with van der Waals surface area (Å²) in [5.41, 5.74) is 6.46. The highest BCUT2D eigenvalue weighted by molar-refractivity contribution is 6.32. The molecule has 0 spiro atoms. The third kappa shape index (κ3) is 1.17. The molecule has 1 heterocycles. The average Bonchev–Trinajstić information content (AvgIpc) is 2.28. The molecule has 0 amide bonds. The molecule has 1 rings (SSSR count). The molecule has 0 unspecified atom stereocenters. The highest BCUT2D eigenvalue weighted by Crippen LogP contribution is 2.22. The molecule has 0 saturated carbocycles. The molecule has 0 saturated heterocycles. The number of halogens is 1. The third-order valence-electron chi connectivity index (χ3n) is 1.49. The Balaban J connectivity index is 3.29. The monoisotopic (exact) mass is 169 g/mol. The van der Waals surface area contributed by atoms with Gasteiger partial charge in [0.15, 0.2) is 0 Å². The van der Waals surface area contributed by atoms with E-state index in [2.05, 4.69) is 0 Å². The SMILES string of the molecule is CCn1c(C#N)cc(N)c1Cl. The second-order valence-corrected chi connectivity index (χ2v) is 2.49. The molecule has 0 aliphatic carbocycles. The van der Waals surface area contributed by atoms with Crippen molar-refractivity contribution in [1.29, 1.82) is 5.26 Å². The summed E-state index contributed by atoms with van der Waals surface area (Å²) in [5, 5.41) is 9.05. The number of hydrogen-bond donors (Lipinski definition) is 1. The minimum absolute atomic E-state index is 0.448. The van der Waals surface area contributed by atoms with E-state index >= 15 is 0 Å². The van der Waals surface area contributed by atoms with Crippen molar-refractivity contribution in [3.63, 3.8) is 0 Å². The van der Waals surface area contributed by atoms with Crippen molar-refractivity contribution in [2.75, 3.05) is 5.73 Å². The van der Waals surface area contributed by atoms with Crippen LogP contribution in [0, 0.1) is 11.3 Å². The number of rotatable bonds is 1. The fourth-order valence-corrected chi connectivity index (χ4v) is 1.21. The first-order valence-corrected chi connectivity index (χ1v) is 3.63. The molecule has 0 atom stereocenters. The molecule has 2 N–H and O–H groups in total. The molecule has 11 heavy (non-hydrogen) atoms. The molecular formula is C7H8ClN3. The zero-order valence-corrected chi connectivity index (χ0v) is 6.89. The largest absolute Gasteiger partial charge is 0.396 e. The van der Waals surface area contributed by atoms with E-state index in [1.54, 1.807) is 10.6 Å². The number of nitriles is 1. The second-order valence-electron chi connectivity index (χ2n) is 2.13. The Hall–Kier alpha value is -1.14. The highest BCUT2D eigenvalue weighted by atomic mass is 35.5. The Bertz CT molecular complexity index is 308. The van der Waals surface area contributed by atoms with Crippen molar-refractivity contribution in [2.45, 2.75) is 13.5 Å². The maximum absolute atomic E-state index is 8.60. The lowest BCUT2D eigenvalue weighted by atomic mass is 10.4. The number of anilines is 1. The summed E-state index contributed by atoms with van der Waals surface area (Å²) >= 11 is 5.78. The number of aromatic nitrogens is 1. The lowest BCUT2D eigenvalue weighted by Crippen LogP contribution is -1.96. The lowest BCUT2D eigenvalue weighted by molar-refractivity contribution is 0.759. The number of hydrogen-bond acceptors (Lipinski definition) is 2. The van der Waals surface area contributed by atoms with Crippen molar-refractivity contribution in [3.05, 3.63) is 16.9 Å². The van der Waals surface area contributed by atoms with Crippen LogP contribution in [0.25, 0.3) is 0 Å². The molecule has 3 nitrogen and oxygen atoms in total. The quantitative estimate of drug-likeness (QED) is 0.695. The van der Waals surface area contributed by atoms with Gasteiger partial charge in [0.05, 0.1) is 5.69 Å². The van der Waals surface area contributed by atoms with Crippen LogP contribution in [0.3, 0.4) is 0 Å². The Morgan fingerprint density at radius 3 is 2.82 bits per heavy atom. The molecule has 58 valence electrons. The molecule has 0 aromatic carbocycles. The molecule has 0 fully saturated rings. The summed E-state index contributed by atoms with van der Waals surface area (Å²) in [6.45, 7) is 2.57. The van der Waals surface area contributed by atoms with Crippen LogP contribution >= 0.6 is 11.6 Å². The first-order chi connectivity index (χ1) is 5.20. The van der Waals surface area contributed by atoms with Gasteiger partial charge in [-0.1, -0.05) is 11.6 Å². The summed E-state index contributed by atoms with van der Waals surface area (Å²) < 4.78 is 1.66. The van der Waals surface area contributed by atoms with E-state index in [-0.39, 0.29) is 0 Å². The number of nitrogens with two attached hydrogens (primary N) is 1. The second kappa shape index (κ2) is 2.85. The Morgan fingerprint density at radius 1 is 1.82 bits per heavy atom. The van der Waals surface area contributed by atoms with Gasteiger partial charge in [0, 0.05) is 6.54 Å². The van der Waals surface area contributed by atoms with Gasteiger partial charge in [-0.15, -0.1) is 0 Å². The van der Waals surface area contributed by atoms with E-state index in [4.69, 9.17) is 22.6 Å². The Kier molecular flexibility index (Phi) is 2.06. The molecule has 4 heteroatoms. The van der Waals surface area contributed by atoms with Gasteiger partial charge in [-0.2, -0.15) is 5.26 Å². The average molecular weight is 170 g/mol. The van der Waals surface area contributed by atoms with Crippen LogP contribution in [0.2, 0.25) is 5.15 Å².